The molecule has 0 saturated carbocycles. The van der Waals surface area contributed by atoms with E-state index in [0.717, 1.165) is 22.3 Å². The third-order valence-corrected chi connectivity index (χ3v) is 7.59. The molecule has 12 heteroatoms. The van der Waals surface area contributed by atoms with Gasteiger partial charge in [0, 0.05) is 17.5 Å². The van der Waals surface area contributed by atoms with E-state index in [9.17, 15) is 31.1 Å². The minimum absolute atomic E-state index is 0.0614. The van der Waals surface area contributed by atoms with Gasteiger partial charge in [-0.1, -0.05) is 48.5 Å². The molecule has 0 aromatic heterocycles. The minimum atomic E-state index is -5.00. The number of rotatable bonds is 5. The summed E-state index contributed by atoms with van der Waals surface area (Å²) in [5, 5.41) is 8.61. The monoisotopic (exact) mass is 592 g/mol. The largest absolute Gasteiger partial charge is 0.416 e. The van der Waals surface area contributed by atoms with Crippen LogP contribution in [0.2, 0.25) is 0 Å². The number of benzene rings is 3. The molecule has 216 valence electrons. The molecule has 1 amide bonds. The van der Waals surface area contributed by atoms with Crippen LogP contribution in [0.5, 0.6) is 0 Å². The van der Waals surface area contributed by atoms with Gasteiger partial charge < -0.3 is 20.9 Å². The van der Waals surface area contributed by atoms with E-state index >= 15 is 0 Å². The topological polar surface area (TPSA) is 56.4 Å². The predicted octanol–water partition coefficient (Wildman–Crippen LogP) is 5.72. The van der Waals surface area contributed by atoms with Crippen LogP contribution in [0, 0.1) is 0 Å². The highest BCUT2D eigenvalue weighted by Crippen LogP contribution is 2.52. The first-order chi connectivity index (χ1) is 19.2. The molecule has 2 bridgehead atoms. The lowest BCUT2D eigenvalue weighted by Gasteiger charge is -2.51. The van der Waals surface area contributed by atoms with Gasteiger partial charge in [0.05, 0.1) is 29.8 Å². The maximum Gasteiger partial charge on any atom is 0.416 e. The fourth-order valence-electron chi connectivity index (χ4n) is 5.89. The number of amides is 1. The Morgan fingerprint density at radius 1 is 0.756 bits per heavy atom. The van der Waals surface area contributed by atoms with Crippen LogP contribution >= 0.6 is 12.2 Å². The number of alkyl halides is 6. The zero-order valence-electron chi connectivity index (χ0n) is 21.9. The summed E-state index contributed by atoms with van der Waals surface area (Å²) in [5.74, 6) is -0.797. The third-order valence-electron chi connectivity index (χ3n) is 7.37. The van der Waals surface area contributed by atoms with Crippen LogP contribution in [0.4, 0.5) is 32.0 Å². The molecule has 0 aliphatic heterocycles. The fraction of sp³-hybridized carbons (Fsp3) is 0.310. The highest BCUT2D eigenvalue weighted by atomic mass is 32.1. The molecule has 5 nitrogen and oxygen atoms in total. The van der Waals surface area contributed by atoms with Gasteiger partial charge in [-0.3, -0.25) is 4.79 Å². The summed E-state index contributed by atoms with van der Waals surface area (Å²) >= 11 is 5.43. The molecule has 2 unspecified atom stereocenters. The Balaban J connectivity index is 1.51. The lowest BCUT2D eigenvalue weighted by atomic mass is 9.59. The molecular weight excluding hydrogens is 566 g/mol. The summed E-state index contributed by atoms with van der Waals surface area (Å²) in [6, 6.07) is 15.8. The predicted molar refractivity (Wildman–Crippen MR) is 147 cm³/mol. The number of hydrogen-bond acceptors (Lipinski definition) is 3. The maximum absolute atomic E-state index is 13.4. The number of carbonyl (C=O) groups is 1. The van der Waals surface area contributed by atoms with Crippen molar-refractivity contribution in [1.82, 2.24) is 15.5 Å². The summed E-state index contributed by atoms with van der Waals surface area (Å²) in [6.07, 6.45) is -9.99. The maximum atomic E-state index is 13.4. The van der Waals surface area contributed by atoms with Crippen molar-refractivity contribution in [2.45, 2.75) is 36.3 Å². The molecule has 3 aromatic carbocycles. The van der Waals surface area contributed by atoms with Crippen molar-refractivity contribution < 1.29 is 31.1 Å². The standard InChI is InChI=1S/C29H26F6N4OS/c1-39(2)14-22(40)37-25-23-18-7-3-5-9-20(18)24(21-10-6-4-8-19(21)23)26(25)38-27(41)36-17-12-15(28(30,31)32)11-16(13-17)29(33,34)35/h3-13,23-26H,14H2,1-2H3,(H,37,40)(H2,36,38,41). The molecule has 0 saturated heterocycles. The van der Waals surface area contributed by atoms with E-state index in [4.69, 9.17) is 12.2 Å². The second kappa shape index (κ2) is 10.6. The summed E-state index contributed by atoms with van der Waals surface area (Å²) < 4.78 is 80.4. The molecule has 2 atom stereocenters. The highest BCUT2D eigenvalue weighted by molar-refractivity contribution is 7.80. The Kier molecular flexibility index (Phi) is 7.49. The van der Waals surface area contributed by atoms with Crippen molar-refractivity contribution in [3.8, 4) is 0 Å². The first-order valence-electron chi connectivity index (χ1n) is 12.7. The first kappa shape index (κ1) is 28.9. The van der Waals surface area contributed by atoms with E-state index in [1.165, 1.54) is 0 Å². The minimum Gasteiger partial charge on any atom is -0.357 e. The van der Waals surface area contributed by atoms with Crippen molar-refractivity contribution in [3.05, 3.63) is 100 Å². The quantitative estimate of drug-likeness (QED) is 0.262. The van der Waals surface area contributed by atoms with Crippen LogP contribution in [-0.4, -0.2) is 48.6 Å². The van der Waals surface area contributed by atoms with E-state index < -0.39 is 41.3 Å². The molecule has 3 aliphatic rings. The van der Waals surface area contributed by atoms with E-state index in [1.807, 2.05) is 48.5 Å². The van der Waals surface area contributed by atoms with Gasteiger partial charge in [-0.15, -0.1) is 0 Å². The highest BCUT2D eigenvalue weighted by Gasteiger charge is 2.50. The second-order valence-corrected chi connectivity index (χ2v) is 10.9. The number of halogens is 6. The first-order valence-corrected chi connectivity index (χ1v) is 13.1. The average molecular weight is 593 g/mol. The molecular formula is C29H26F6N4OS. The zero-order chi connectivity index (χ0) is 29.7. The lowest BCUT2D eigenvalue weighted by molar-refractivity contribution is -0.143. The number of carbonyl (C=O) groups excluding carboxylic acids is 1. The van der Waals surface area contributed by atoms with Gasteiger partial charge in [-0.25, -0.2) is 0 Å². The van der Waals surface area contributed by atoms with Gasteiger partial charge in [0.25, 0.3) is 0 Å². The Labute approximate surface area is 237 Å². The van der Waals surface area contributed by atoms with Gasteiger partial charge in [-0.2, -0.15) is 26.3 Å². The SMILES string of the molecule is CN(C)CC(=O)NC1C2c3ccccc3C(c3ccccc32)C1NC(=S)Nc1cc(C(F)(F)F)cc(C(F)(F)F)c1. The summed E-state index contributed by atoms with van der Waals surface area (Å²) in [7, 11) is 3.52. The summed E-state index contributed by atoms with van der Waals surface area (Å²) in [5.41, 5.74) is 0.727. The number of hydrogen-bond donors (Lipinski definition) is 3. The van der Waals surface area contributed by atoms with Crippen molar-refractivity contribution in [2.24, 2.45) is 0 Å². The van der Waals surface area contributed by atoms with Crippen molar-refractivity contribution in [1.29, 1.82) is 0 Å². The zero-order valence-corrected chi connectivity index (χ0v) is 22.7. The molecule has 3 N–H and O–H groups in total. The van der Waals surface area contributed by atoms with Crippen LogP contribution in [0.3, 0.4) is 0 Å². The lowest BCUT2D eigenvalue weighted by Crippen LogP contribution is -2.62. The van der Waals surface area contributed by atoms with Crippen molar-refractivity contribution in [3.63, 3.8) is 0 Å². The van der Waals surface area contributed by atoms with Crippen LogP contribution < -0.4 is 16.0 Å². The number of nitrogens with zero attached hydrogens (tertiary/aromatic N) is 1. The Morgan fingerprint density at radius 2 is 1.17 bits per heavy atom. The van der Waals surface area contributed by atoms with Crippen LogP contribution in [0.25, 0.3) is 0 Å². The summed E-state index contributed by atoms with van der Waals surface area (Å²) in [6.45, 7) is 0.122. The van der Waals surface area contributed by atoms with Crippen LogP contribution in [-0.2, 0) is 17.1 Å². The van der Waals surface area contributed by atoms with Crippen LogP contribution in [0.1, 0.15) is 45.2 Å². The summed E-state index contributed by atoms with van der Waals surface area (Å²) in [4.78, 5) is 14.7. The molecule has 41 heavy (non-hydrogen) atoms. The number of anilines is 1. The molecule has 6 rings (SSSR count). The third kappa shape index (κ3) is 5.76. The van der Waals surface area contributed by atoms with Gasteiger partial charge in [0.2, 0.25) is 5.91 Å². The van der Waals surface area contributed by atoms with Gasteiger partial charge in [-0.05, 0) is 66.8 Å². The van der Waals surface area contributed by atoms with E-state index in [2.05, 4.69) is 16.0 Å². The van der Waals surface area contributed by atoms with Crippen molar-refractivity contribution in [2.75, 3.05) is 26.0 Å². The molecule has 0 spiro atoms. The Hall–Kier alpha value is -3.64. The number of thiocarbonyl (C=S) groups is 1. The van der Waals surface area contributed by atoms with Gasteiger partial charge >= 0.3 is 12.4 Å². The number of fused-ring (bicyclic) bond motifs is 1. The average Bonchev–Trinajstić information content (AvgIpc) is 2.88. The molecule has 0 radical (unpaired) electrons. The number of nitrogens with one attached hydrogen (secondary N) is 3. The van der Waals surface area contributed by atoms with Gasteiger partial charge in [0.1, 0.15) is 0 Å². The van der Waals surface area contributed by atoms with Crippen LogP contribution in [0.15, 0.2) is 66.7 Å². The van der Waals surface area contributed by atoms with Crippen molar-refractivity contribution >= 4 is 28.9 Å². The smallest absolute Gasteiger partial charge is 0.357 e. The second-order valence-electron chi connectivity index (χ2n) is 10.5. The number of likely N-dealkylation sites (N-methyl/N-ethyl adjacent to an activating group) is 1. The van der Waals surface area contributed by atoms with E-state index in [0.29, 0.717) is 12.1 Å². The Morgan fingerprint density at radius 3 is 1.56 bits per heavy atom. The van der Waals surface area contributed by atoms with E-state index in [1.54, 1.807) is 19.0 Å². The molecule has 3 aliphatic carbocycles. The fourth-order valence-corrected chi connectivity index (χ4v) is 6.14. The Bertz CT molecular complexity index is 1410. The van der Waals surface area contributed by atoms with E-state index in [-0.39, 0.29) is 35.5 Å². The molecule has 3 aromatic rings. The molecule has 0 fully saturated rings. The molecule has 0 heterocycles. The van der Waals surface area contributed by atoms with Gasteiger partial charge in [0.15, 0.2) is 5.11 Å². The normalized spacial score (nSPS) is 21.2.